The summed E-state index contributed by atoms with van der Waals surface area (Å²) in [6.07, 6.45) is 5.39. The number of rotatable bonds is 5. The van der Waals surface area contributed by atoms with Gasteiger partial charge in [-0.05, 0) is 60.4 Å². The Balaban J connectivity index is 1.49. The SMILES string of the molecule is CC(=O)N1CCc2cc(C(=O)[C@@H](C)Sc3nnnn3C3CCCC3)ccc21. The Morgan fingerprint density at radius 2 is 2.04 bits per heavy atom. The number of carbonyl (C=O) groups excluding carboxylic acids is 2. The van der Waals surface area contributed by atoms with Crippen LogP contribution in [0.4, 0.5) is 5.69 Å². The number of thioether (sulfide) groups is 1. The maximum absolute atomic E-state index is 12.9. The van der Waals surface area contributed by atoms with Crippen molar-refractivity contribution in [2.24, 2.45) is 0 Å². The van der Waals surface area contributed by atoms with Gasteiger partial charge in [-0.3, -0.25) is 9.59 Å². The highest BCUT2D eigenvalue weighted by Crippen LogP contribution is 2.34. The molecule has 1 fully saturated rings. The maximum Gasteiger partial charge on any atom is 0.223 e. The second-order valence-corrected chi connectivity index (χ2v) is 8.54. The minimum absolute atomic E-state index is 0.0375. The van der Waals surface area contributed by atoms with E-state index in [1.165, 1.54) is 24.6 Å². The second kappa shape index (κ2) is 7.42. The van der Waals surface area contributed by atoms with Gasteiger partial charge in [0.15, 0.2) is 5.78 Å². The van der Waals surface area contributed by atoms with E-state index in [1.807, 2.05) is 29.8 Å². The minimum atomic E-state index is -0.278. The largest absolute Gasteiger partial charge is 0.312 e. The Hall–Kier alpha value is -2.22. The molecular weight excluding hydrogens is 362 g/mol. The van der Waals surface area contributed by atoms with Crippen LogP contribution in [0.1, 0.15) is 61.5 Å². The van der Waals surface area contributed by atoms with Gasteiger partial charge in [-0.15, -0.1) is 5.10 Å². The molecule has 8 heteroatoms. The monoisotopic (exact) mass is 385 g/mol. The first-order valence-electron chi connectivity index (χ1n) is 9.44. The van der Waals surface area contributed by atoms with Gasteiger partial charge in [-0.1, -0.05) is 24.6 Å². The number of carbonyl (C=O) groups is 2. The molecule has 4 rings (SSSR count). The number of hydrogen-bond donors (Lipinski definition) is 0. The average molecular weight is 385 g/mol. The van der Waals surface area contributed by atoms with Gasteiger partial charge in [-0.2, -0.15) is 0 Å². The summed E-state index contributed by atoms with van der Waals surface area (Å²) < 4.78 is 1.88. The van der Waals surface area contributed by atoms with Crippen LogP contribution in [0.2, 0.25) is 0 Å². The minimum Gasteiger partial charge on any atom is -0.312 e. The topological polar surface area (TPSA) is 81.0 Å². The average Bonchev–Trinajstić information content (AvgIpc) is 3.39. The molecule has 2 heterocycles. The molecule has 142 valence electrons. The van der Waals surface area contributed by atoms with Gasteiger partial charge < -0.3 is 4.90 Å². The normalized spacial score (nSPS) is 17.9. The lowest BCUT2D eigenvalue weighted by molar-refractivity contribution is -0.116. The summed E-state index contributed by atoms with van der Waals surface area (Å²) in [5, 5.41) is 12.5. The summed E-state index contributed by atoms with van der Waals surface area (Å²) in [5.74, 6) is 0.0977. The number of ketones is 1. The molecule has 0 bridgehead atoms. The van der Waals surface area contributed by atoms with E-state index in [9.17, 15) is 9.59 Å². The summed E-state index contributed by atoms with van der Waals surface area (Å²) in [6.45, 7) is 4.15. The molecule has 0 saturated heterocycles. The Morgan fingerprint density at radius 1 is 1.26 bits per heavy atom. The highest BCUT2D eigenvalue weighted by atomic mass is 32.2. The number of amides is 1. The summed E-state index contributed by atoms with van der Waals surface area (Å²) >= 11 is 1.42. The van der Waals surface area contributed by atoms with Gasteiger partial charge in [0.05, 0.1) is 11.3 Å². The number of Topliss-reactive ketones (excluding diaryl/α,β-unsaturated/α-hetero) is 1. The lowest BCUT2D eigenvalue weighted by Gasteiger charge is -2.16. The molecule has 7 nitrogen and oxygen atoms in total. The van der Waals surface area contributed by atoms with E-state index >= 15 is 0 Å². The lowest BCUT2D eigenvalue weighted by atomic mass is 10.0. The molecule has 0 radical (unpaired) electrons. The fraction of sp³-hybridized carbons (Fsp3) is 0.526. The van der Waals surface area contributed by atoms with Gasteiger partial charge in [0.25, 0.3) is 0 Å². The predicted molar refractivity (Wildman–Crippen MR) is 103 cm³/mol. The Kier molecular flexibility index (Phi) is 4.99. The summed E-state index contributed by atoms with van der Waals surface area (Å²) in [4.78, 5) is 26.4. The van der Waals surface area contributed by atoms with Crippen molar-refractivity contribution in [1.82, 2.24) is 20.2 Å². The number of anilines is 1. The van der Waals surface area contributed by atoms with E-state index in [2.05, 4.69) is 15.5 Å². The van der Waals surface area contributed by atoms with Gasteiger partial charge in [0.2, 0.25) is 11.1 Å². The van der Waals surface area contributed by atoms with Gasteiger partial charge in [-0.25, -0.2) is 4.68 Å². The quantitative estimate of drug-likeness (QED) is 0.581. The van der Waals surface area contributed by atoms with Crippen LogP contribution in [0.15, 0.2) is 23.4 Å². The van der Waals surface area contributed by atoms with E-state index in [1.54, 1.807) is 11.8 Å². The second-order valence-electron chi connectivity index (χ2n) is 7.23. The number of nitrogens with zero attached hydrogens (tertiary/aromatic N) is 5. The smallest absolute Gasteiger partial charge is 0.223 e. The first-order chi connectivity index (χ1) is 13.0. The molecule has 0 N–H and O–H groups in total. The highest BCUT2D eigenvalue weighted by Gasteiger charge is 2.27. The van der Waals surface area contributed by atoms with Crippen LogP contribution in [-0.2, 0) is 11.2 Å². The summed E-state index contributed by atoms with van der Waals surface area (Å²) in [5.41, 5.74) is 2.66. The van der Waals surface area contributed by atoms with Crippen molar-refractivity contribution in [3.8, 4) is 0 Å². The number of aromatic nitrogens is 4. The van der Waals surface area contributed by atoms with Crippen molar-refractivity contribution in [3.05, 3.63) is 29.3 Å². The molecule has 0 unspecified atom stereocenters. The number of hydrogen-bond acceptors (Lipinski definition) is 6. The molecule has 1 saturated carbocycles. The van der Waals surface area contributed by atoms with Crippen molar-refractivity contribution in [2.45, 2.75) is 62.4 Å². The van der Waals surface area contributed by atoms with Crippen LogP contribution in [0, 0.1) is 0 Å². The molecule has 1 amide bonds. The maximum atomic E-state index is 12.9. The van der Waals surface area contributed by atoms with E-state index in [0.29, 0.717) is 23.3 Å². The van der Waals surface area contributed by atoms with Gasteiger partial charge in [0.1, 0.15) is 0 Å². The van der Waals surface area contributed by atoms with E-state index in [4.69, 9.17) is 0 Å². The number of fused-ring (bicyclic) bond motifs is 1. The van der Waals surface area contributed by atoms with Crippen LogP contribution in [0.3, 0.4) is 0 Å². The predicted octanol–water partition coefficient (Wildman–Crippen LogP) is 3.06. The molecule has 2 aromatic rings. The van der Waals surface area contributed by atoms with Crippen molar-refractivity contribution < 1.29 is 9.59 Å². The number of tetrazole rings is 1. The van der Waals surface area contributed by atoms with E-state index in [-0.39, 0.29) is 16.9 Å². The van der Waals surface area contributed by atoms with Gasteiger partial charge in [0, 0.05) is 24.7 Å². The van der Waals surface area contributed by atoms with Crippen molar-refractivity contribution in [1.29, 1.82) is 0 Å². The highest BCUT2D eigenvalue weighted by molar-refractivity contribution is 8.00. The third-order valence-corrected chi connectivity index (χ3v) is 6.47. The third-order valence-electron chi connectivity index (χ3n) is 5.42. The summed E-state index contributed by atoms with van der Waals surface area (Å²) in [7, 11) is 0. The van der Waals surface area contributed by atoms with Gasteiger partial charge >= 0.3 is 0 Å². The van der Waals surface area contributed by atoms with Crippen molar-refractivity contribution >= 4 is 29.1 Å². The molecule has 0 spiro atoms. The van der Waals surface area contributed by atoms with Crippen molar-refractivity contribution in [2.75, 3.05) is 11.4 Å². The molecule has 2 aliphatic rings. The van der Waals surface area contributed by atoms with Crippen LogP contribution >= 0.6 is 11.8 Å². The fourth-order valence-corrected chi connectivity index (χ4v) is 4.91. The Morgan fingerprint density at radius 3 is 2.78 bits per heavy atom. The van der Waals surface area contributed by atoms with Crippen LogP contribution in [0.5, 0.6) is 0 Å². The molecule has 1 aliphatic heterocycles. The van der Waals surface area contributed by atoms with Crippen LogP contribution < -0.4 is 4.90 Å². The summed E-state index contributed by atoms with van der Waals surface area (Å²) in [6, 6.07) is 5.98. The molecule has 1 aromatic carbocycles. The number of benzene rings is 1. The molecular formula is C19H23N5O2S. The first kappa shape index (κ1) is 18.2. The fourth-order valence-electron chi connectivity index (χ4n) is 3.97. The lowest BCUT2D eigenvalue weighted by Crippen LogP contribution is -2.25. The molecule has 1 aromatic heterocycles. The molecule has 1 aliphatic carbocycles. The van der Waals surface area contributed by atoms with Crippen LogP contribution in [0.25, 0.3) is 0 Å². The molecule has 1 atom stereocenters. The third kappa shape index (κ3) is 3.50. The molecule has 27 heavy (non-hydrogen) atoms. The Labute approximate surface area is 162 Å². The zero-order valence-corrected chi connectivity index (χ0v) is 16.4. The zero-order chi connectivity index (χ0) is 19.0. The Bertz CT molecular complexity index is 875. The zero-order valence-electron chi connectivity index (χ0n) is 15.6. The van der Waals surface area contributed by atoms with Crippen LogP contribution in [-0.4, -0.2) is 43.7 Å². The standard InChI is InChI=1S/C19H23N5O2S/c1-12(27-19-20-21-22-24(19)16-5-3-4-6-16)18(26)15-7-8-17-14(11-15)9-10-23(17)13(2)25/h7-8,11-12,16H,3-6,9-10H2,1-2H3/t12-/m1/s1. The van der Waals surface area contributed by atoms with E-state index in [0.717, 1.165) is 30.5 Å². The van der Waals surface area contributed by atoms with Crippen molar-refractivity contribution in [3.63, 3.8) is 0 Å². The van der Waals surface area contributed by atoms with E-state index < -0.39 is 0 Å². The first-order valence-corrected chi connectivity index (χ1v) is 10.3.